The number of esters is 1. The molecule has 0 amide bonds. The molecule has 2 saturated heterocycles. The molecule has 0 bridgehead atoms. The molecule has 1 spiro atoms. The van der Waals surface area contributed by atoms with E-state index in [1.807, 2.05) is 0 Å². The van der Waals surface area contributed by atoms with Gasteiger partial charge in [0.1, 0.15) is 5.69 Å². The monoisotopic (exact) mass is 619 g/mol. The minimum Gasteiger partial charge on any atom is -0.468 e. The standard InChI is InChI=1S/C28H32F3N7O4S/c1-42-24(39)18-43(40,41)35-20-2-3-22(23(14-20)36-10-6-27(4-5-27)7-11-36)38-17-19(15-33-38)25-21(29)16-32-26(34-25)37-12-8-28(30,31)9-13-37/h2-3,14-17,35H,4-13,18H2,1H3. The highest BCUT2D eigenvalue weighted by molar-refractivity contribution is 7.93. The summed E-state index contributed by atoms with van der Waals surface area (Å²) >= 11 is 0. The van der Waals surface area contributed by atoms with Gasteiger partial charge in [0.25, 0.3) is 5.92 Å². The average molecular weight is 620 g/mol. The van der Waals surface area contributed by atoms with E-state index in [1.165, 1.54) is 19.0 Å². The highest BCUT2D eigenvalue weighted by Crippen LogP contribution is 2.54. The van der Waals surface area contributed by atoms with Gasteiger partial charge in [0, 0.05) is 50.8 Å². The predicted octanol–water partition coefficient (Wildman–Crippen LogP) is 4.00. The first kappa shape index (κ1) is 29.2. The Hall–Kier alpha value is -3.88. The SMILES string of the molecule is COC(=O)CS(=O)(=O)Nc1ccc(-n2cc(-c3nc(N4CCC(F)(F)CC4)ncc3F)cn2)c(N2CCC3(CC2)CC3)c1. The van der Waals surface area contributed by atoms with E-state index in [2.05, 4.69) is 29.4 Å². The molecule has 3 aliphatic rings. The number of sulfonamides is 1. The molecular weight excluding hydrogens is 587 g/mol. The van der Waals surface area contributed by atoms with Crippen molar-refractivity contribution in [1.29, 1.82) is 0 Å². The Morgan fingerprint density at radius 1 is 1.00 bits per heavy atom. The van der Waals surface area contributed by atoms with E-state index in [1.54, 1.807) is 34.0 Å². The topological polar surface area (TPSA) is 123 Å². The van der Waals surface area contributed by atoms with Crippen LogP contribution in [0.25, 0.3) is 16.9 Å². The molecule has 0 radical (unpaired) electrons. The van der Waals surface area contributed by atoms with Gasteiger partial charge in [0.15, 0.2) is 11.6 Å². The number of piperidine rings is 2. The van der Waals surface area contributed by atoms with E-state index in [9.17, 15) is 26.4 Å². The number of nitrogens with zero attached hydrogens (tertiary/aromatic N) is 6. The lowest BCUT2D eigenvalue weighted by atomic mass is 9.93. The number of rotatable bonds is 8. The molecule has 1 saturated carbocycles. The zero-order valence-corrected chi connectivity index (χ0v) is 24.4. The van der Waals surface area contributed by atoms with E-state index < -0.39 is 33.5 Å². The van der Waals surface area contributed by atoms with Gasteiger partial charge in [-0.05, 0) is 49.3 Å². The summed E-state index contributed by atoms with van der Waals surface area (Å²) in [5.74, 6) is -4.93. The third kappa shape index (κ3) is 6.40. The van der Waals surface area contributed by atoms with Crippen LogP contribution in [0.3, 0.4) is 0 Å². The number of aromatic nitrogens is 4. The fourth-order valence-corrected chi connectivity index (χ4v) is 6.67. The number of ether oxygens (including phenoxy) is 1. The van der Waals surface area contributed by atoms with Gasteiger partial charge in [0.05, 0.1) is 36.6 Å². The highest BCUT2D eigenvalue weighted by Gasteiger charge is 2.44. The summed E-state index contributed by atoms with van der Waals surface area (Å²) in [6.45, 7) is 1.68. The van der Waals surface area contributed by atoms with Crippen LogP contribution in [0.2, 0.25) is 0 Å². The van der Waals surface area contributed by atoms with Gasteiger partial charge in [-0.1, -0.05) is 0 Å². The molecule has 43 heavy (non-hydrogen) atoms. The van der Waals surface area contributed by atoms with Crippen molar-refractivity contribution < 1.29 is 31.1 Å². The Labute approximate surface area is 247 Å². The number of methoxy groups -OCH3 is 1. The average Bonchev–Trinajstić information content (AvgIpc) is 3.54. The summed E-state index contributed by atoms with van der Waals surface area (Å²) in [4.78, 5) is 23.8. The second kappa shape index (κ2) is 11.0. The number of carbonyl (C=O) groups excluding carboxylic acids is 1. The maximum Gasteiger partial charge on any atom is 0.322 e. The number of nitrogens with one attached hydrogen (secondary N) is 1. The van der Waals surface area contributed by atoms with Gasteiger partial charge < -0.3 is 14.5 Å². The lowest BCUT2D eigenvalue weighted by molar-refractivity contribution is -0.137. The van der Waals surface area contributed by atoms with Crippen LogP contribution in [0, 0.1) is 11.2 Å². The summed E-state index contributed by atoms with van der Waals surface area (Å²) in [5, 5.41) is 4.47. The van der Waals surface area contributed by atoms with Crippen molar-refractivity contribution in [2.45, 2.75) is 44.4 Å². The van der Waals surface area contributed by atoms with Gasteiger partial charge in [0.2, 0.25) is 16.0 Å². The maximum absolute atomic E-state index is 14.9. The lowest BCUT2D eigenvalue weighted by Crippen LogP contribution is -2.40. The van der Waals surface area contributed by atoms with E-state index in [0.717, 1.165) is 44.9 Å². The Bertz CT molecular complexity index is 1620. The summed E-state index contributed by atoms with van der Waals surface area (Å²) < 4.78 is 75.8. The van der Waals surface area contributed by atoms with Crippen LogP contribution in [0.4, 0.5) is 30.5 Å². The summed E-state index contributed by atoms with van der Waals surface area (Å²) in [6, 6.07) is 4.97. The minimum atomic E-state index is -4.00. The normalized spacial score (nSPS) is 19.3. The highest BCUT2D eigenvalue weighted by atomic mass is 32.2. The van der Waals surface area contributed by atoms with Gasteiger partial charge in [-0.2, -0.15) is 5.10 Å². The molecule has 6 rings (SSSR count). The molecule has 230 valence electrons. The largest absolute Gasteiger partial charge is 0.468 e. The second-order valence-electron chi connectivity index (χ2n) is 11.5. The van der Waals surface area contributed by atoms with Crippen LogP contribution < -0.4 is 14.5 Å². The van der Waals surface area contributed by atoms with Gasteiger partial charge >= 0.3 is 5.97 Å². The minimum absolute atomic E-state index is 0.00373. The van der Waals surface area contributed by atoms with Crippen LogP contribution in [-0.4, -0.2) is 79.1 Å². The van der Waals surface area contributed by atoms with Crippen LogP contribution in [-0.2, 0) is 19.6 Å². The molecule has 2 aliphatic heterocycles. The fraction of sp³-hybridized carbons (Fsp3) is 0.500. The third-order valence-electron chi connectivity index (χ3n) is 8.52. The van der Waals surface area contributed by atoms with Crippen LogP contribution >= 0.6 is 0 Å². The van der Waals surface area contributed by atoms with Crippen LogP contribution in [0.5, 0.6) is 0 Å². The number of carbonyl (C=O) groups is 1. The number of halogens is 3. The van der Waals surface area contributed by atoms with Crippen molar-refractivity contribution in [3.8, 4) is 16.9 Å². The van der Waals surface area contributed by atoms with Crippen molar-refractivity contribution in [1.82, 2.24) is 19.7 Å². The Morgan fingerprint density at radius 3 is 2.37 bits per heavy atom. The smallest absolute Gasteiger partial charge is 0.322 e. The van der Waals surface area contributed by atoms with Crippen molar-refractivity contribution in [2.24, 2.45) is 5.41 Å². The van der Waals surface area contributed by atoms with Crippen LogP contribution in [0.1, 0.15) is 38.5 Å². The number of anilines is 3. The molecule has 3 fully saturated rings. The van der Waals surface area contributed by atoms with Gasteiger partial charge in [-0.3, -0.25) is 9.52 Å². The molecule has 0 atom stereocenters. The first-order chi connectivity index (χ1) is 20.4. The van der Waals surface area contributed by atoms with Crippen molar-refractivity contribution in [3.05, 3.63) is 42.6 Å². The molecular formula is C28H32F3N7O4S. The molecule has 4 heterocycles. The zero-order chi connectivity index (χ0) is 30.4. The van der Waals surface area contributed by atoms with Crippen LogP contribution in [0.15, 0.2) is 36.8 Å². The molecule has 15 heteroatoms. The van der Waals surface area contributed by atoms with Crippen molar-refractivity contribution >= 4 is 33.3 Å². The molecule has 1 N–H and O–H groups in total. The molecule has 2 aromatic heterocycles. The molecule has 3 aromatic rings. The van der Waals surface area contributed by atoms with Crippen molar-refractivity contribution in [2.75, 3.05) is 53.6 Å². The maximum atomic E-state index is 14.9. The summed E-state index contributed by atoms with van der Waals surface area (Å²) in [7, 11) is -2.88. The quantitative estimate of drug-likeness (QED) is 0.373. The second-order valence-corrected chi connectivity index (χ2v) is 13.2. The molecule has 0 unspecified atom stereocenters. The number of hydrogen-bond donors (Lipinski definition) is 1. The number of benzene rings is 1. The first-order valence-electron chi connectivity index (χ1n) is 14.1. The van der Waals surface area contributed by atoms with E-state index in [4.69, 9.17) is 0 Å². The predicted molar refractivity (Wildman–Crippen MR) is 153 cm³/mol. The van der Waals surface area contributed by atoms with Gasteiger partial charge in [-0.25, -0.2) is 36.2 Å². The lowest BCUT2D eigenvalue weighted by Gasteiger charge is -2.35. The van der Waals surface area contributed by atoms with E-state index in [0.29, 0.717) is 16.7 Å². The number of hydrogen-bond acceptors (Lipinski definition) is 9. The molecule has 1 aromatic carbocycles. The Kier molecular flexibility index (Phi) is 7.47. The van der Waals surface area contributed by atoms with E-state index in [-0.39, 0.29) is 43.3 Å². The Balaban J connectivity index is 1.30. The zero-order valence-electron chi connectivity index (χ0n) is 23.6. The van der Waals surface area contributed by atoms with Crippen molar-refractivity contribution in [3.63, 3.8) is 0 Å². The third-order valence-corrected chi connectivity index (χ3v) is 9.68. The molecule has 11 nitrogen and oxygen atoms in total. The Morgan fingerprint density at radius 2 is 1.70 bits per heavy atom. The summed E-state index contributed by atoms with van der Waals surface area (Å²) in [6.07, 6.45) is 7.94. The fourth-order valence-electron chi connectivity index (χ4n) is 5.69. The molecule has 1 aliphatic carbocycles. The van der Waals surface area contributed by atoms with E-state index >= 15 is 0 Å². The van der Waals surface area contributed by atoms with Gasteiger partial charge in [-0.15, -0.1) is 0 Å². The summed E-state index contributed by atoms with van der Waals surface area (Å²) in [5.41, 5.74) is 2.41. The number of alkyl halides is 2. The first-order valence-corrected chi connectivity index (χ1v) is 15.8.